The summed E-state index contributed by atoms with van der Waals surface area (Å²) in [5.74, 6) is -0.273. The van der Waals surface area contributed by atoms with Crippen LogP contribution in [0, 0.1) is 0 Å². The number of ether oxygens (including phenoxy) is 2. The number of rotatable bonds is 36. The van der Waals surface area contributed by atoms with Gasteiger partial charge in [0.2, 0.25) is 5.91 Å². The Morgan fingerprint density at radius 3 is 1.64 bits per heavy atom. The molecule has 6 N–H and O–H groups in total. The van der Waals surface area contributed by atoms with Crippen molar-refractivity contribution < 1.29 is 51.8 Å². The Kier molecular flexibility index (Phi) is 31.5. The first-order valence-corrected chi connectivity index (χ1v) is 23.1. The number of carbonyl (C=O) groups is 1. The molecule has 1 saturated heterocycles. The second kappa shape index (κ2) is 33.5. The van der Waals surface area contributed by atoms with Gasteiger partial charge in [-0.05, 0) is 44.9 Å². The van der Waals surface area contributed by atoms with E-state index in [9.17, 15) is 33.6 Å². The van der Waals surface area contributed by atoms with Gasteiger partial charge >= 0.3 is 10.4 Å². The van der Waals surface area contributed by atoms with Gasteiger partial charge in [0.05, 0.1) is 25.4 Å². The fraction of sp³-hybridized carbons (Fsp3) is 0.881. The topological polar surface area (TPSA) is 192 Å². The van der Waals surface area contributed by atoms with Crippen LogP contribution in [0.15, 0.2) is 24.3 Å². The van der Waals surface area contributed by atoms with E-state index in [-0.39, 0.29) is 18.9 Å². The van der Waals surface area contributed by atoms with Gasteiger partial charge in [-0.2, -0.15) is 8.42 Å². The van der Waals surface area contributed by atoms with Crippen molar-refractivity contribution in [3.8, 4) is 0 Å². The summed E-state index contributed by atoms with van der Waals surface area (Å²) in [6.45, 7) is 3.35. The summed E-state index contributed by atoms with van der Waals surface area (Å²) in [7, 11) is -5.08. The fourth-order valence-corrected chi connectivity index (χ4v) is 7.31. The lowest BCUT2D eigenvalue weighted by atomic mass is 9.99. The lowest BCUT2D eigenvalue weighted by Crippen LogP contribution is -2.61. The molecule has 55 heavy (non-hydrogen) atoms. The van der Waals surface area contributed by atoms with Gasteiger partial charge in [0, 0.05) is 6.42 Å². The van der Waals surface area contributed by atoms with Crippen molar-refractivity contribution in [2.24, 2.45) is 0 Å². The third-order valence-corrected chi connectivity index (χ3v) is 10.7. The smallest absolute Gasteiger partial charge is 0.394 e. The minimum absolute atomic E-state index is 0.259. The van der Waals surface area contributed by atoms with E-state index < -0.39 is 59.9 Å². The molecule has 0 aromatic rings. The quantitative estimate of drug-likeness (QED) is 0.0206. The maximum Gasteiger partial charge on any atom is 0.397 e. The first-order valence-electron chi connectivity index (χ1n) is 21.7. The van der Waals surface area contributed by atoms with E-state index in [0.29, 0.717) is 6.42 Å². The van der Waals surface area contributed by atoms with Crippen LogP contribution >= 0.6 is 0 Å². The number of carbonyl (C=O) groups excluding carboxylic acids is 1. The fourth-order valence-electron chi connectivity index (χ4n) is 6.80. The van der Waals surface area contributed by atoms with E-state index in [4.69, 9.17) is 14.0 Å². The van der Waals surface area contributed by atoms with Crippen LogP contribution in [0.1, 0.15) is 181 Å². The van der Waals surface area contributed by atoms with Crippen molar-refractivity contribution >= 4 is 16.3 Å². The molecule has 12 nitrogen and oxygen atoms in total. The Bertz CT molecular complexity index is 1090. The summed E-state index contributed by atoms with van der Waals surface area (Å²) in [6, 6.07) is -0.944. The molecule has 1 fully saturated rings. The highest BCUT2D eigenvalue weighted by Crippen LogP contribution is 2.26. The van der Waals surface area contributed by atoms with Crippen molar-refractivity contribution in [3.63, 3.8) is 0 Å². The standard InChI is InChI=1S/C42H79NO11S/c1-3-5-7-9-11-13-15-17-18-20-22-24-26-28-30-32-38(46)43-35(36(45)31-29-27-25-23-21-19-16-14-12-10-8-6-4-2)34-52-42-40(48)41(54-55(49,50)51)39(47)37(33-44)53-42/h17-18,29,31,35-37,39-42,44-45,47-48H,3-16,19-28,30,32-34H2,1-2H3,(H,43,46)(H,49,50,51)/b18-17+,31-29+/t35-,36+,37+,39-,40+,41-,42+/m0/s1. The van der Waals surface area contributed by atoms with Crippen molar-refractivity contribution in [2.75, 3.05) is 13.2 Å². The van der Waals surface area contributed by atoms with Gasteiger partial charge in [-0.15, -0.1) is 0 Å². The van der Waals surface area contributed by atoms with Gasteiger partial charge in [0.1, 0.15) is 24.4 Å². The molecule has 7 atom stereocenters. The average molecular weight is 806 g/mol. The summed E-state index contributed by atoms with van der Waals surface area (Å²) in [5.41, 5.74) is 0. The van der Waals surface area contributed by atoms with Crippen molar-refractivity contribution in [2.45, 2.75) is 224 Å². The normalized spacial score (nSPS) is 21.8. The van der Waals surface area contributed by atoms with Crippen LogP contribution in [0.4, 0.5) is 0 Å². The number of aliphatic hydroxyl groups is 4. The number of hydrogen-bond donors (Lipinski definition) is 6. The van der Waals surface area contributed by atoms with E-state index in [2.05, 4.69) is 35.5 Å². The Hall–Kier alpha value is -1.42. The molecule has 0 saturated carbocycles. The Balaban J connectivity index is 2.58. The summed E-state index contributed by atoms with van der Waals surface area (Å²) in [4.78, 5) is 13.0. The van der Waals surface area contributed by atoms with E-state index in [0.717, 1.165) is 57.8 Å². The van der Waals surface area contributed by atoms with Crippen LogP contribution in [0.25, 0.3) is 0 Å². The van der Waals surface area contributed by atoms with Crippen LogP contribution in [0.5, 0.6) is 0 Å². The van der Waals surface area contributed by atoms with Crippen molar-refractivity contribution in [3.05, 3.63) is 24.3 Å². The number of amides is 1. The largest absolute Gasteiger partial charge is 0.397 e. The second-order valence-electron chi connectivity index (χ2n) is 15.3. The molecule has 13 heteroatoms. The molecule has 0 aliphatic carbocycles. The highest BCUT2D eigenvalue weighted by atomic mass is 32.3. The highest BCUT2D eigenvalue weighted by molar-refractivity contribution is 7.80. The van der Waals surface area contributed by atoms with E-state index in [1.54, 1.807) is 6.08 Å². The summed E-state index contributed by atoms with van der Waals surface area (Å²) in [6.07, 6.45) is 27.9. The maximum atomic E-state index is 13.0. The summed E-state index contributed by atoms with van der Waals surface area (Å²) < 4.78 is 47.5. The lowest BCUT2D eigenvalue weighted by molar-refractivity contribution is -0.298. The first-order chi connectivity index (χ1) is 26.5. The average Bonchev–Trinajstić information content (AvgIpc) is 3.15. The highest BCUT2D eigenvalue weighted by Gasteiger charge is 2.48. The third-order valence-electron chi connectivity index (χ3n) is 10.2. The van der Waals surface area contributed by atoms with Gasteiger partial charge in [-0.25, -0.2) is 4.18 Å². The number of hydrogen-bond acceptors (Lipinski definition) is 10. The number of aliphatic hydroxyl groups excluding tert-OH is 4. The van der Waals surface area contributed by atoms with Crippen LogP contribution < -0.4 is 5.32 Å². The predicted octanol–water partition coefficient (Wildman–Crippen LogP) is 7.77. The molecule has 1 rings (SSSR count). The molecule has 0 radical (unpaired) electrons. The summed E-state index contributed by atoms with van der Waals surface area (Å²) in [5, 5.41) is 44.6. The van der Waals surface area contributed by atoms with Gasteiger partial charge in [0.25, 0.3) is 0 Å². The van der Waals surface area contributed by atoms with Crippen LogP contribution in [0.2, 0.25) is 0 Å². The van der Waals surface area contributed by atoms with Gasteiger partial charge < -0.3 is 35.2 Å². The molecule has 0 unspecified atom stereocenters. The van der Waals surface area contributed by atoms with Crippen LogP contribution in [-0.4, -0.2) is 95.4 Å². The molecule has 0 aromatic heterocycles. The van der Waals surface area contributed by atoms with Gasteiger partial charge in [-0.1, -0.05) is 154 Å². The molecule has 0 bridgehead atoms. The Morgan fingerprint density at radius 2 is 1.16 bits per heavy atom. The van der Waals surface area contributed by atoms with Crippen LogP contribution in [-0.2, 0) is 28.9 Å². The van der Waals surface area contributed by atoms with Crippen molar-refractivity contribution in [1.82, 2.24) is 5.32 Å². The maximum absolute atomic E-state index is 13.0. The molecule has 1 amide bonds. The van der Waals surface area contributed by atoms with E-state index in [1.807, 2.05) is 6.08 Å². The molecule has 1 heterocycles. The van der Waals surface area contributed by atoms with Gasteiger partial charge in [-0.3, -0.25) is 9.35 Å². The third kappa shape index (κ3) is 27.0. The molecule has 0 aromatic carbocycles. The number of allylic oxidation sites excluding steroid dienone is 3. The summed E-state index contributed by atoms with van der Waals surface area (Å²) >= 11 is 0. The minimum Gasteiger partial charge on any atom is -0.394 e. The molecule has 1 aliphatic rings. The van der Waals surface area contributed by atoms with Crippen LogP contribution in [0.3, 0.4) is 0 Å². The van der Waals surface area contributed by atoms with Crippen molar-refractivity contribution in [1.29, 1.82) is 0 Å². The van der Waals surface area contributed by atoms with Gasteiger partial charge in [0.15, 0.2) is 6.29 Å². The molecular formula is C42H79NO11S. The van der Waals surface area contributed by atoms with E-state index >= 15 is 0 Å². The molecule has 0 spiro atoms. The predicted molar refractivity (Wildman–Crippen MR) is 218 cm³/mol. The second-order valence-corrected chi connectivity index (χ2v) is 16.3. The molecule has 324 valence electrons. The number of unbranched alkanes of at least 4 members (excludes halogenated alkanes) is 22. The number of nitrogens with one attached hydrogen (secondary N) is 1. The minimum atomic E-state index is -5.08. The Morgan fingerprint density at radius 1 is 0.709 bits per heavy atom. The zero-order valence-electron chi connectivity index (χ0n) is 34.2. The first kappa shape index (κ1) is 51.6. The zero-order valence-corrected chi connectivity index (χ0v) is 35.1. The Labute approximate surface area is 333 Å². The van der Waals surface area contributed by atoms with E-state index in [1.165, 1.54) is 96.3 Å². The lowest BCUT2D eigenvalue weighted by Gasteiger charge is -2.41. The molecule has 1 aliphatic heterocycles. The SMILES string of the molecule is CCCCCCCC/C=C/CCCCCCCC(=O)N[C@@H](CO[C@@H]1O[C@H](CO)[C@H](O)[C@H](OS(=O)(=O)O)[C@H]1O)[C@H](O)/C=C/CCCCCCCCCCCCC. The molecular weight excluding hydrogens is 727 g/mol. The monoisotopic (exact) mass is 806 g/mol. The zero-order chi connectivity index (χ0) is 40.6.